The number of unbranched alkanes of at least 4 members (excludes halogenated alkanes) is 2. The number of carbonyl (C=O) groups is 2. The van der Waals surface area contributed by atoms with E-state index in [2.05, 4.69) is 12.2 Å². The molecule has 2 rings (SSSR count). The first-order chi connectivity index (χ1) is 19.5. The predicted molar refractivity (Wildman–Crippen MR) is 158 cm³/mol. The Labute approximate surface area is 243 Å². The lowest BCUT2D eigenvalue weighted by atomic mass is 9.96. The predicted octanol–water partition coefficient (Wildman–Crippen LogP) is 4.72. The van der Waals surface area contributed by atoms with E-state index < -0.39 is 35.8 Å². The monoisotopic (exact) mass is 575 g/mol. The molecule has 228 valence electrons. The van der Waals surface area contributed by atoms with Gasteiger partial charge in [0.05, 0.1) is 12.1 Å². The number of nitrogens with one attached hydrogen (secondary N) is 1. The van der Waals surface area contributed by atoms with Crippen molar-refractivity contribution in [3.05, 3.63) is 70.3 Å². The van der Waals surface area contributed by atoms with E-state index in [4.69, 9.17) is 0 Å². The van der Waals surface area contributed by atoms with Crippen molar-refractivity contribution in [1.82, 2.24) is 15.1 Å². The van der Waals surface area contributed by atoms with Crippen molar-refractivity contribution in [3.8, 4) is 0 Å². The number of halogens is 2. The van der Waals surface area contributed by atoms with Gasteiger partial charge in [-0.15, -0.1) is 0 Å². The third-order valence-electron chi connectivity index (χ3n) is 7.00. The molecule has 0 heterocycles. The van der Waals surface area contributed by atoms with Crippen molar-refractivity contribution in [3.63, 3.8) is 0 Å². The van der Waals surface area contributed by atoms with Gasteiger partial charge in [-0.25, -0.2) is 8.78 Å². The summed E-state index contributed by atoms with van der Waals surface area (Å²) in [6.07, 6.45) is 1.90. The van der Waals surface area contributed by atoms with E-state index in [-0.39, 0.29) is 30.0 Å². The molecular weight excluding hydrogens is 528 g/mol. The van der Waals surface area contributed by atoms with Crippen LogP contribution in [0.5, 0.6) is 0 Å². The van der Waals surface area contributed by atoms with Crippen LogP contribution in [0.3, 0.4) is 0 Å². The van der Waals surface area contributed by atoms with E-state index in [9.17, 15) is 28.6 Å². The summed E-state index contributed by atoms with van der Waals surface area (Å²) in [7, 11) is 1.84. The van der Waals surface area contributed by atoms with E-state index in [0.717, 1.165) is 56.8 Å². The summed E-state index contributed by atoms with van der Waals surface area (Å²) in [6, 6.07) is 6.86. The van der Waals surface area contributed by atoms with Crippen molar-refractivity contribution in [1.29, 1.82) is 0 Å². The van der Waals surface area contributed by atoms with Gasteiger partial charge in [-0.1, -0.05) is 33.6 Å². The molecule has 2 aromatic rings. The second kappa shape index (κ2) is 17.2. The van der Waals surface area contributed by atoms with Crippen molar-refractivity contribution in [2.45, 2.75) is 84.5 Å². The molecule has 0 spiro atoms. The lowest BCUT2D eigenvalue weighted by Gasteiger charge is -2.30. The molecule has 41 heavy (non-hydrogen) atoms. The number of nitrogens with zero attached hydrogens (tertiary/aromatic N) is 2. The van der Waals surface area contributed by atoms with Gasteiger partial charge in [0.1, 0.15) is 17.7 Å². The second-order valence-electron chi connectivity index (χ2n) is 11.0. The molecule has 3 N–H and O–H groups in total. The number of hydrogen-bond donors (Lipinski definition) is 3. The molecule has 0 aromatic heterocycles. The summed E-state index contributed by atoms with van der Waals surface area (Å²) in [6.45, 7) is 9.98. The van der Waals surface area contributed by atoms with Crippen molar-refractivity contribution >= 4 is 11.8 Å². The summed E-state index contributed by atoms with van der Waals surface area (Å²) in [4.78, 5) is 30.3. The van der Waals surface area contributed by atoms with Crippen LogP contribution in [0.25, 0.3) is 0 Å². The minimum absolute atomic E-state index is 0.115. The largest absolute Gasteiger partial charge is 0.389 e. The second-order valence-corrected chi connectivity index (χ2v) is 11.0. The summed E-state index contributed by atoms with van der Waals surface area (Å²) in [5, 5.41) is 24.8. The lowest BCUT2D eigenvalue weighted by molar-refractivity contribution is -0.0174. The molecule has 2 aromatic carbocycles. The van der Waals surface area contributed by atoms with Crippen LogP contribution in [-0.4, -0.2) is 83.3 Å². The molecule has 0 unspecified atom stereocenters. The van der Waals surface area contributed by atoms with Crippen LogP contribution in [0.2, 0.25) is 0 Å². The van der Waals surface area contributed by atoms with E-state index in [0.29, 0.717) is 24.2 Å². The first-order valence-corrected chi connectivity index (χ1v) is 14.7. The van der Waals surface area contributed by atoms with Gasteiger partial charge in [-0.2, -0.15) is 0 Å². The molecule has 0 aliphatic rings. The maximum absolute atomic E-state index is 13.9. The van der Waals surface area contributed by atoms with Gasteiger partial charge < -0.3 is 25.3 Å². The molecule has 7 nitrogen and oxygen atoms in total. The minimum atomic E-state index is -1.42. The summed E-state index contributed by atoms with van der Waals surface area (Å²) >= 11 is 0. The van der Waals surface area contributed by atoms with Crippen LogP contribution in [0.4, 0.5) is 8.78 Å². The average molecular weight is 576 g/mol. The first-order valence-electron chi connectivity index (χ1n) is 14.7. The maximum atomic E-state index is 13.9. The number of carbonyl (C=O) groups excluding carboxylic acids is 2. The van der Waals surface area contributed by atoms with Gasteiger partial charge >= 0.3 is 0 Å². The Morgan fingerprint density at radius 3 is 2.05 bits per heavy atom. The smallest absolute Gasteiger partial charge is 0.253 e. The average Bonchev–Trinajstić information content (AvgIpc) is 2.90. The zero-order valence-corrected chi connectivity index (χ0v) is 25.1. The lowest BCUT2D eigenvalue weighted by Crippen LogP contribution is -2.52. The highest BCUT2D eigenvalue weighted by atomic mass is 19.1. The molecule has 0 aliphatic heterocycles. The van der Waals surface area contributed by atoms with E-state index in [1.165, 1.54) is 6.07 Å². The fourth-order valence-electron chi connectivity index (χ4n) is 4.99. The molecule has 0 radical (unpaired) electrons. The number of hydrogen-bond acceptors (Lipinski definition) is 5. The highest BCUT2D eigenvalue weighted by Crippen LogP contribution is 2.17. The molecule has 9 heteroatoms. The third-order valence-corrected chi connectivity index (χ3v) is 7.00. The van der Waals surface area contributed by atoms with Gasteiger partial charge in [-0.05, 0) is 87.7 Å². The minimum Gasteiger partial charge on any atom is -0.389 e. The van der Waals surface area contributed by atoms with Gasteiger partial charge in [0.2, 0.25) is 0 Å². The van der Waals surface area contributed by atoms with Crippen molar-refractivity contribution in [2.75, 3.05) is 33.2 Å². The van der Waals surface area contributed by atoms with E-state index >= 15 is 0 Å². The molecular formula is C32H47F2N3O4. The van der Waals surface area contributed by atoms with Crippen LogP contribution < -0.4 is 5.32 Å². The topological polar surface area (TPSA) is 93.1 Å². The summed E-state index contributed by atoms with van der Waals surface area (Å²) in [5.74, 6) is -2.29. The number of rotatable bonds is 17. The van der Waals surface area contributed by atoms with E-state index in [1.807, 2.05) is 25.8 Å². The fraction of sp³-hybridized carbons (Fsp3) is 0.562. The Hall–Kier alpha value is -2.88. The molecule has 0 saturated carbocycles. The number of aliphatic hydroxyl groups is 2. The summed E-state index contributed by atoms with van der Waals surface area (Å²) < 4.78 is 27.9. The first kappa shape index (κ1) is 34.3. The Balaban J connectivity index is 2.32. The number of amides is 2. The van der Waals surface area contributed by atoms with Crippen LogP contribution in [0, 0.1) is 18.6 Å². The van der Waals surface area contributed by atoms with Gasteiger partial charge in [0, 0.05) is 36.8 Å². The Bertz CT molecular complexity index is 1100. The quantitative estimate of drug-likeness (QED) is 0.238. The van der Waals surface area contributed by atoms with Gasteiger partial charge in [-0.3, -0.25) is 9.59 Å². The summed E-state index contributed by atoms with van der Waals surface area (Å²) in [5.41, 5.74) is 1.54. The van der Waals surface area contributed by atoms with Crippen LogP contribution in [0.15, 0.2) is 36.4 Å². The Kier molecular flexibility index (Phi) is 14.4. The van der Waals surface area contributed by atoms with Gasteiger partial charge in [0.25, 0.3) is 11.8 Å². The molecule has 3 atom stereocenters. The standard InChI is InChI=1S/C32H47F2N3O4/c1-6-9-10-13-36(5)21-29(38)30(39)28(18-23-16-26(33)20-27(34)17-23)35-31(40)24-14-22(4)15-25(19-24)32(41)37(11-7-2)12-8-3/h14-17,19-20,28-30,38-39H,6-13,18,21H2,1-5H3,(H,35,40)/t28-,29-,30-/m0/s1. The van der Waals surface area contributed by atoms with Crippen LogP contribution in [-0.2, 0) is 6.42 Å². The van der Waals surface area contributed by atoms with E-state index in [1.54, 1.807) is 24.0 Å². The molecule has 0 saturated heterocycles. The maximum Gasteiger partial charge on any atom is 0.253 e. The fourth-order valence-corrected chi connectivity index (χ4v) is 4.99. The van der Waals surface area contributed by atoms with Crippen LogP contribution >= 0.6 is 0 Å². The van der Waals surface area contributed by atoms with Crippen molar-refractivity contribution in [2.24, 2.45) is 0 Å². The Morgan fingerprint density at radius 1 is 0.854 bits per heavy atom. The van der Waals surface area contributed by atoms with Crippen LogP contribution in [0.1, 0.15) is 84.7 Å². The van der Waals surface area contributed by atoms with Gasteiger partial charge in [0.15, 0.2) is 0 Å². The number of aryl methyl sites for hydroxylation is 1. The molecule has 2 amide bonds. The highest BCUT2D eigenvalue weighted by molar-refractivity contribution is 6.00. The SMILES string of the molecule is CCCCCN(C)C[C@H](O)[C@@H](O)[C@H](Cc1cc(F)cc(F)c1)NC(=O)c1cc(C)cc(C(=O)N(CCC)CCC)c1. The molecule has 0 fully saturated rings. The molecule has 0 aliphatic carbocycles. The zero-order valence-electron chi connectivity index (χ0n) is 25.1. The normalized spacial score (nSPS) is 13.6. The highest BCUT2D eigenvalue weighted by Gasteiger charge is 2.30. The number of aliphatic hydroxyl groups excluding tert-OH is 2. The third kappa shape index (κ3) is 11.1. The number of benzene rings is 2. The zero-order chi connectivity index (χ0) is 30.5. The Morgan fingerprint density at radius 2 is 1.46 bits per heavy atom. The number of likely N-dealkylation sites (N-methyl/N-ethyl adjacent to an activating group) is 1. The van der Waals surface area contributed by atoms with Crippen molar-refractivity contribution < 1.29 is 28.6 Å². The molecule has 0 bridgehead atoms.